The molecule has 0 saturated carbocycles. The van der Waals surface area contributed by atoms with Crippen molar-refractivity contribution < 1.29 is 23.2 Å². The summed E-state index contributed by atoms with van der Waals surface area (Å²) < 4.78 is 36.6. The van der Waals surface area contributed by atoms with Gasteiger partial charge in [-0.25, -0.2) is 0 Å². The monoisotopic (exact) mass is 196 g/mol. The summed E-state index contributed by atoms with van der Waals surface area (Å²) in [7, 11) is -2.10. The lowest BCUT2D eigenvalue weighted by molar-refractivity contribution is -0.136. The average Bonchev–Trinajstić information content (AvgIpc) is 2.03. The maximum absolute atomic E-state index is 12.2. The zero-order valence-electron chi connectivity index (χ0n) is 6.42. The molecule has 0 fully saturated rings. The summed E-state index contributed by atoms with van der Waals surface area (Å²) in [5.41, 5.74) is -1.56. The van der Waals surface area contributed by atoms with E-state index >= 15 is 0 Å². The van der Waals surface area contributed by atoms with Crippen molar-refractivity contribution in [3.8, 4) is 0 Å². The fraction of sp³-hybridized carbons (Fsp3) is 0.143. The van der Waals surface area contributed by atoms with Crippen molar-refractivity contribution >= 4 is 12.6 Å². The van der Waals surface area contributed by atoms with Crippen LogP contribution >= 0.6 is 0 Å². The SMILES string of the molecule is OB(O)[13c]1[13cH][13cH][13cH][13cH][13c]1C(F)(F)F. The summed E-state index contributed by atoms with van der Waals surface area (Å²) in [6.45, 7) is 0. The maximum Gasteiger partial charge on any atom is 0.489 e. The van der Waals surface area contributed by atoms with Gasteiger partial charge in [-0.1, -0.05) is 24.3 Å². The molecule has 0 atom stereocenters. The van der Waals surface area contributed by atoms with Gasteiger partial charge in [0, 0.05) is 0 Å². The van der Waals surface area contributed by atoms with E-state index in [1.165, 1.54) is 12.1 Å². The molecule has 70 valence electrons. The van der Waals surface area contributed by atoms with Crippen molar-refractivity contribution in [1.29, 1.82) is 0 Å². The zero-order valence-corrected chi connectivity index (χ0v) is 6.42. The molecule has 6 heteroatoms. The number of benzene rings is 1. The molecule has 0 aliphatic heterocycles. The summed E-state index contributed by atoms with van der Waals surface area (Å²) in [5, 5.41) is 17.2. The predicted octanol–water partition coefficient (Wildman–Crippen LogP) is 0.385. The second-order valence-electron chi connectivity index (χ2n) is 2.46. The van der Waals surface area contributed by atoms with Crippen LogP contribution in [0.15, 0.2) is 24.3 Å². The van der Waals surface area contributed by atoms with E-state index in [2.05, 4.69) is 0 Å². The fourth-order valence-corrected chi connectivity index (χ4v) is 0.980. The normalized spacial score (nSPS) is 11.5. The summed E-state index contributed by atoms with van der Waals surface area (Å²) in [5.74, 6) is 0. The molecule has 0 saturated heterocycles. The molecule has 13 heavy (non-hydrogen) atoms. The summed E-state index contributed by atoms with van der Waals surface area (Å²) >= 11 is 0. The van der Waals surface area contributed by atoms with Gasteiger partial charge >= 0.3 is 13.3 Å². The minimum absolute atomic E-state index is 0.532. The highest BCUT2D eigenvalue weighted by molar-refractivity contribution is 6.59. The molecule has 0 heterocycles. The Kier molecular flexibility index (Phi) is 2.63. The lowest BCUT2D eigenvalue weighted by Gasteiger charge is -2.11. The van der Waals surface area contributed by atoms with Gasteiger partial charge < -0.3 is 10.0 Å². The molecule has 0 spiro atoms. The molecule has 0 aliphatic carbocycles. The first-order chi connectivity index (χ1) is 5.93. The van der Waals surface area contributed by atoms with Crippen molar-refractivity contribution in [3.05, 3.63) is 29.8 Å². The number of halogens is 3. The average molecular weight is 196 g/mol. The largest absolute Gasteiger partial charge is 0.489 e. The van der Waals surface area contributed by atoms with Crippen molar-refractivity contribution in [2.45, 2.75) is 6.18 Å². The van der Waals surface area contributed by atoms with Crippen LogP contribution in [0.4, 0.5) is 13.2 Å². The van der Waals surface area contributed by atoms with Crippen molar-refractivity contribution in [3.63, 3.8) is 0 Å². The summed E-state index contributed by atoms with van der Waals surface area (Å²) in [6, 6.07) is 4.32. The van der Waals surface area contributed by atoms with Crippen LogP contribution in [-0.2, 0) is 6.18 Å². The molecule has 2 N–H and O–H groups in total. The standard InChI is InChI=1S/C7H6BF3O2/c9-7(10,11)5-3-1-2-4-6(5)8(12)13/h1-4,12-13H/i1+1,2+1,3+1,4+1,5+1,6+1. The maximum atomic E-state index is 12.2. The first kappa shape index (κ1) is 10.1. The van der Waals surface area contributed by atoms with Gasteiger partial charge in [-0.15, -0.1) is 0 Å². The molecular formula is C7H6BF3O2. The molecule has 0 aromatic heterocycles. The molecule has 1 aromatic rings. The molecule has 1 rings (SSSR count). The quantitative estimate of drug-likeness (QED) is 0.637. The smallest absolute Gasteiger partial charge is 0.423 e. The number of hydrogen-bond donors (Lipinski definition) is 2. The van der Waals surface area contributed by atoms with E-state index in [-0.39, 0.29) is 0 Å². The van der Waals surface area contributed by atoms with E-state index < -0.39 is 24.3 Å². The second-order valence-corrected chi connectivity index (χ2v) is 2.46. The van der Waals surface area contributed by atoms with Gasteiger partial charge in [0.2, 0.25) is 0 Å². The van der Waals surface area contributed by atoms with Crippen LogP contribution in [0.25, 0.3) is 0 Å². The molecule has 1 aromatic carbocycles. The third-order valence-electron chi connectivity index (χ3n) is 1.54. The second kappa shape index (κ2) is 3.39. The first-order valence-electron chi connectivity index (χ1n) is 3.45. The Morgan fingerprint density at radius 1 is 1.08 bits per heavy atom. The van der Waals surface area contributed by atoms with E-state index in [9.17, 15) is 13.2 Å². The number of rotatable bonds is 1. The molecule has 0 amide bonds. The van der Waals surface area contributed by atoms with Gasteiger partial charge in [-0.3, -0.25) is 0 Å². The molecular weight excluding hydrogens is 190 g/mol. The van der Waals surface area contributed by atoms with Gasteiger partial charge in [0.25, 0.3) is 0 Å². The minimum Gasteiger partial charge on any atom is -0.423 e. The fourth-order valence-electron chi connectivity index (χ4n) is 0.980. The van der Waals surface area contributed by atoms with Gasteiger partial charge in [-0.05, 0) is 5.46 Å². The summed E-state index contributed by atoms with van der Waals surface area (Å²) in [6.07, 6.45) is -4.56. The first-order valence-corrected chi connectivity index (χ1v) is 3.45. The lowest BCUT2D eigenvalue weighted by atomic mass is 10.1. The number of alkyl halides is 3. The Hall–Kier alpha value is -1.01. The third kappa shape index (κ3) is 2.23. The van der Waals surface area contributed by atoms with Crippen molar-refractivity contribution in [1.82, 2.24) is 0 Å². The van der Waals surface area contributed by atoms with E-state index in [0.29, 0.717) is 0 Å². The van der Waals surface area contributed by atoms with Crippen LogP contribution in [0.5, 0.6) is 0 Å². The topological polar surface area (TPSA) is 40.5 Å². The van der Waals surface area contributed by atoms with Crippen molar-refractivity contribution in [2.24, 2.45) is 0 Å². The Bertz CT molecular complexity index is 298. The Balaban J connectivity index is 3.20. The van der Waals surface area contributed by atoms with E-state index in [4.69, 9.17) is 10.0 Å². The Morgan fingerprint density at radius 2 is 1.62 bits per heavy atom. The van der Waals surface area contributed by atoms with Crippen LogP contribution in [-0.4, -0.2) is 17.2 Å². The number of hydrogen-bond acceptors (Lipinski definition) is 2. The van der Waals surface area contributed by atoms with Crippen LogP contribution in [0.2, 0.25) is 0 Å². The highest BCUT2D eigenvalue weighted by Crippen LogP contribution is 2.27. The highest BCUT2D eigenvalue weighted by Gasteiger charge is 2.35. The third-order valence-corrected chi connectivity index (χ3v) is 1.54. The lowest BCUT2D eigenvalue weighted by Crippen LogP contribution is -2.35. The van der Waals surface area contributed by atoms with E-state index in [0.717, 1.165) is 12.1 Å². The van der Waals surface area contributed by atoms with Gasteiger partial charge in [0.1, 0.15) is 0 Å². The molecule has 2 nitrogen and oxygen atoms in total. The zero-order chi connectivity index (χ0) is 10.1. The predicted molar refractivity (Wildman–Crippen MR) is 41.3 cm³/mol. The van der Waals surface area contributed by atoms with Crippen LogP contribution < -0.4 is 5.46 Å². The van der Waals surface area contributed by atoms with Crippen LogP contribution in [0, 0.1) is 0 Å². The minimum atomic E-state index is -4.56. The van der Waals surface area contributed by atoms with Crippen LogP contribution in [0.3, 0.4) is 0 Å². The van der Waals surface area contributed by atoms with E-state index in [1.54, 1.807) is 0 Å². The van der Waals surface area contributed by atoms with Gasteiger partial charge in [0.05, 0.1) is 5.56 Å². The molecule has 0 radical (unpaired) electrons. The molecule has 0 aliphatic rings. The molecule has 0 unspecified atom stereocenters. The van der Waals surface area contributed by atoms with Crippen LogP contribution in [0.1, 0.15) is 5.56 Å². The summed E-state index contributed by atoms with van der Waals surface area (Å²) in [4.78, 5) is 0. The van der Waals surface area contributed by atoms with Gasteiger partial charge in [0.15, 0.2) is 0 Å². The Labute approximate surface area is 72.8 Å². The van der Waals surface area contributed by atoms with Crippen molar-refractivity contribution in [2.75, 3.05) is 0 Å². The van der Waals surface area contributed by atoms with E-state index in [1.807, 2.05) is 0 Å². The van der Waals surface area contributed by atoms with Gasteiger partial charge in [-0.2, -0.15) is 13.2 Å². The highest BCUT2D eigenvalue weighted by atomic mass is 19.4. The molecule has 0 bridgehead atoms. The Morgan fingerprint density at radius 3 is 2.00 bits per heavy atom.